The maximum Gasteiger partial charge on any atom is 0.326 e. The third-order valence-corrected chi connectivity index (χ3v) is 2.66. The highest BCUT2D eigenvalue weighted by molar-refractivity contribution is 5.80. The van der Waals surface area contributed by atoms with Crippen LogP contribution in [0, 0.1) is 0 Å². The van der Waals surface area contributed by atoms with E-state index in [0.717, 1.165) is 32.2 Å². The molecule has 0 aromatic rings. The number of carbonyl (C=O) groups is 1. The molecule has 0 radical (unpaired) electrons. The predicted molar refractivity (Wildman–Crippen MR) is 62.9 cm³/mol. The van der Waals surface area contributed by atoms with Gasteiger partial charge in [0.05, 0.1) is 6.61 Å². The van der Waals surface area contributed by atoms with Crippen molar-refractivity contribution in [1.29, 1.82) is 0 Å². The zero-order chi connectivity index (χ0) is 11.7. The Morgan fingerprint density at radius 3 is 2.27 bits per heavy atom. The van der Waals surface area contributed by atoms with Crippen LogP contribution in [0.3, 0.4) is 0 Å². The van der Waals surface area contributed by atoms with Crippen LogP contribution >= 0.6 is 0 Å². The van der Waals surface area contributed by atoms with Crippen molar-refractivity contribution in [2.45, 2.75) is 58.9 Å². The second-order valence-electron chi connectivity index (χ2n) is 3.83. The second-order valence-corrected chi connectivity index (χ2v) is 3.83. The van der Waals surface area contributed by atoms with Crippen LogP contribution in [0.25, 0.3) is 0 Å². The largest absolute Gasteiger partial charge is 0.465 e. The Hall–Kier alpha value is -0.570. The first-order valence-corrected chi connectivity index (χ1v) is 6.09. The molecular weight excluding hydrogens is 190 g/mol. The monoisotopic (exact) mass is 215 g/mol. The smallest absolute Gasteiger partial charge is 0.326 e. The molecule has 0 aliphatic rings. The molecule has 0 aromatic carbocycles. The van der Waals surface area contributed by atoms with Crippen LogP contribution in [0.15, 0.2) is 0 Å². The lowest BCUT2D eigenvalue weighted by atomic mass is 9.90. The summed E-state index contributed by atoms with van der Waals surface area (Å²) >= 11 is 0. The van der Waals surface area contributed by atoms with Gasteiger partial charge in [-0.1, -0.05) is 27.2 Å². The van der Waals surface area contributed by atoms with Crippen LogP contribution in [-0.2, 0) is 9.53 Å². The van der Waals surface area contributed by atoms with Crippen molar-refractivity contribution >= 4 is 5.97 Å². The zero-order valence-electron chi connectivity index (χ0n) is 10.6. The molecule has 0 aliphatic heterocycles. The summed E-state index contributed by atoms with van der Waals surface area (Å²) in [5.41, 5.74) is -0.458. The van der Waals surface area contributed by atoms with Crippen molar-refractivity contribution < 1.29 is 9.53 Å². The minimum atomic E-state index is -0.458. The van der Waals surface area contributed by atoms with Gasteiger partial charge in [-0.2, -0.15) is 0 Å². The van der Waals surface area contributed by atoms with Gasteiger partial charge in [0.15, 0.2) is 0 Å². The molecule has 0 aliphatic carbocycles. The number of hydrogen-bond donors (Lipinski definition) is 1. The van der Waals surface area contributed by atoms with E-state index < -0.39 is 5.54 Å². The highest BCUT2D eigenvalue weighted by Crippen LogP contribution is 2.19. The number of ether oxygens (including phenoxy) is 1. The van der Waals surface area contributed by atoms with Gasteiger partial charge in [-0.15, -0.1) is 0 Å². The van der Waals surface area contributed by atoms with Gasteiger partial charge >= 0.3 is 5.97 Å². The Balaban J connectivity index is 4.54. The molecule has 3 nitrogen and oxygen atoms in total. The molecule has 3 heteroatoms. The summed E-state index contributed by atoms with van der Waals surface area (Å²) in [6, 6.07) is 0. The zero-order valence-corrected chi connectivity index (χ0v) is 10.6. The molecule has 0 amide bonds. The van der Waals surface area contributed by atoms with Gasteiger partial charge in [-0.3, -0.25) is 4.79 Å². The summed E-state index contributed by atoms with van der Waals surface area (Å²) in [4.78, 5) is 11.9. The quantitative estimate of drug-likeness (QED) is 0.632. The molecule has 1 unspecified atom stereocenters. The second kappa shape index (κ2) is 7.69. The molecule has 0 saturated heterocycles. The Kier molecular flexibility index (Phi) is 7.39. The third kappa shape index (κ3) is 4.20. The first-order valence-electron chi connectivity index (χ1n) is 6.09. The summed E-state index contributed by atoms with van der Waals surface area (Å²) in [5.74, 6) is -0.0946. The van der Waals surface area contributed by atoms with E-state index >= 15 is 0 Å². The Morgan fingerprint density at radius 2 is 1.87 bits per heavy atom. The maximum absolute atomic E-state index is 11.9. The maximum atomic E-state index is 11.9. The minimum absolute atomic E-state index is 0.0946. The van der Waals surface area contributed by atoms with E-state index in [0.29, 0.717) is 6.61 Å². The van der Waals surface area contributed by atoms with Gasteiger partial charge in [-0.05, 0) is 32.7 Å². The van der Waals surface area contributed by atoms with Crippen molar-refractivity contribution in [2.24, 2.45) is 0 Å². The molecule has 90 valence electrons. The molecular formula is C12H25NO2. The molecule has 0 aromatic heterocycles. The molecule has 0 spiro atoms. The number of rotatable bonds is 8. The van der Waals surface area contributed by atoms with Crippen molar-refractivity contribution in [1.82, 2.24) is 5.32 Å². The van der Waals surface area contributed by atoms with Gasteiger partial charge in [0.1, 0.15) is 5.54 Å². The minimum Gasteiger partial charge on any atom is -0.465 e. The van der Waals surface area contributed by atoms with Gasteiger partial charge in [-0.25, -0.2) is 0 Å². The van der Waals surface area contributed by atoms with E-state index in [1.54, 1.807) is 0 Å². The highest BCUT2D eigenvalue weighted by Gasteiger charge is 2.36. The highest BCUT2D eigenvalue weighted by atomic mass is 16.5. The average Bonchev–Trinajstić information content (AvgIpc) is 2.24. The fraction of sp³-hybridized carbons (Fsp3) is 0.917. The van der Waals surface area contributed by atoms with E-state index in [9.17, 15) is 4.79 Å². The van der Waals surface area contributed by atoms with E-state index in [1.165, 1.54) is 0 Å². The SMILES string of the molecule is CCCNC(CC)(CCC)C(=O)OCC. The lowest BCUT2D eigenvalue weighted by Crippen LogP contribution is -2.52. The lowest BCUT2D eigenvalue weighted by molar-refractivity contribution is -0.151. The van der Waals surface area contributed by atoms with E-state index in [2.05, 4.69) is 19.2 Å². The predicted octanol–water partition coefficient (Wildman–Crippen LogP) is 2.50. The summed E-state index contributed by atoms with van der Waals surface area (Å²) in [7, 11) is 0. The third-order valence-electron chi connectivity index (χ3n) is 2.66. The molecule has 15 heavy (non-hydrogen) atoms. The first-order chi connectivity index (χ1) is 7.16. The van der Waals surface area contributed by atoms with Crippen LogP contribution < -0.4 is 5.32 Å². The van der Waals surface area contributed by atoms with Gasteiger partial charge in [0.2, 0.25) is 0 Å². The fourth-order valence-electron chi connectivity index (χ4n) is 1.77. The number of nitrogens with one attached hydrogen (secondary N) is 1. The number of hydrogen-bond acceptors (Lipinski definition) is 3. The first kappa shape index (κ1) is 14.4. The number of carbonyl (C=O) groups excluding carboxylic acids is 1. The molecule has 1 N–H and O–H groups in total. The van der Waals surface area contributed by atoms with Gasteiger partial charge in [0.25, 0.3) is 0 Å². The van der Waals surface area contributed by atoms with Crippen molar-refractivity contribution in [3.63, 3.8) is 0 Å². The van der Waals surface area contributed by atoms with Crippen LogP contribution in [-0.4, -0.2) is 24.7 Å². The van der Waals surface area contributed by atoms with E-state index in [4.69, 9.17) is 4.74 Å². The topological polar surface area (TPSA) is 38.3 Å². The molecule has 0 heterocycles. The molecule has 1 atom stereocenters. The average molecular weight is 215 g/mol. The molecule has 0 rings (SSSR count). The Bertz CT molecular complexity index is 182. The molecule has 0 fully saturated rings. The summed E-state index contributed by atoms with van der Waals surface area (Å²) < 4.78 is 5.15. The standard InChI is InChI=1S/C12H25NO2/c1-5-9-12(7-3,13-10-6-2)11(14)15-8-4/h13H,5-10H2,1-4H3. The van der Waals surface area contributed by atoms with Gasteiger partial charge in [0, 0.05) is 0 Å². The number of esters is 1. The van der Waals surface area contributed by atoms with Crippen molar-refractivity contribution in [3.05, 3.63) is 0 Å². The van der Waals surface area contributed by atoms with Crippen LogP contribution in [0.2, 0.25) is 0 Å². The fourth-order valence-corrected chi connectivity index (χ4v) is 1.77. The van der Waals surface area contributed by atoms with Crippen LogP contribution in [0.5, 0.6) is 0 Å². The van der Waals surface area contributed by atoms with Crippen LogP contribution in [0.1, 0.15) is 53.4 Å². The Labute approximate surface area is 93.6 Å². The van der Waals surface area contributed by atoms with Crippen LogP contribution in [0.4, 0.5) is 0 Å². The normalized spacial score (nSPS) is 14.7. The molecule has 0 bridgehead atoms. The summed E-state index contributed by atoms with van der Waals surface area (Å²) in [5, 5.41) is 3.34. The summed E-state index contributed by atoms with van der Waals surface area (Å²) in [6.45, 7) is 9.41. The molecule has 0 saturated carbocycles. The summed E-state index contributed by atoms with van der Waals surface area (Å²) in [6.07, 6.45) is 3.66. The van der Waals surface area contributed by atoms with Crippen molar-refractivity contribution in [3.8, 4) is 0 Å². The lowest BCUT2D eigenvalue weighted by Gasteiger charge is -2.31. The van der Waals surface area contributed by atoms with Gasteiger partial charge < -0.3 is 10.1 Å². The van der Waals surface area contributed by atoms with Crippen molar-refractivity contribution in [2.75, 3.05) is 13.2 Å². The van der Waals surface area contributed by atoms with E-state index in [1.807, 2.05) is 13.8 Å². The Morgan fingerprint density at radius 1 is 1.20 bits per heavy atom. The van der Waals surface area contributed by atoms with E-state index in [-0.39, 0.29) is 5.97 Å².